The molecule has 0 saturated carbocycles. The largest absolute Gasteiger partial charge is 0.504 e. The molecule has 106 valence electrons. The van der Waals surface area contributed by atoms with E-state index in [0.717, 1.165) is 12.8 Å². The summed E-state index contributed by atoms with van der Waals surface area (Å²) in [4.78, 5) is 11.2. The van der Waals surface area contributed by atoms with Crippen molar-refractivity contribution < 1.29 is 20.1 Å². The number of unbranched alkanes of at least 4 members (excludes halogenated alkanes) is 1. The summed E-state index contributed by atoms with van der Waals surface area (Å²) in [6.45, 7) is 3.90. The van der Waals surface area contributed by atoms with E-state index in [1.807, 2.05) is 13.8 Å². The standard InChI is InChI=1S/C14H19ClO4/c1-3-5-7-9-11(15)8(6-4-2)10(14(18)19)13(17)12(9)16/h16-17H,3-7H2,1-2H3,(H,18,19). The molecule has 0 bridgehead atoms. The van der Waals surface area contributed by atoms with Gasteiger partial charge in [0.25, 0.3) is 0 Å². The second-order valence-electron chi connectivity index (χ2n) is 4.50. The van der Waals surface area contributed by atoms with Crippen LogP contribution in [0.2, 0.25) is 5.02 Å². The number of carboxylic acids is 1. The fourth-order valence-corrected chi connectivity index (χ4v) is 2.47. The smallest absolute Gasteiger partial charge is 0.339 e. The van der Waals surface area contributed by atoms with Crippen LogP contribution in [0.4, 0.5) is 0 Å². The number of phenols is 2. The highest BCUT2D eigenvalue weighted by Gasteiger charge is 2.25. The van der Waals surface area contributed by atoms with Gasteiger partial charge in [0.1, 0.15) is 5.56 Å². The maximum Gasteiger partial charge on any atom is 0.339 e. The van der Waals surface area contributed by atoms with Crippen molar-refractivity contribution in [2.75, 3.05) is 0 Å². The third-order valence-corrected chi connectivity index (χ3v) is 3.53. The molecule has 5 heteroatoms. The van der Waals surface area contributed by atoms with E-state index < -0.39 is 17.5 Å². The highest BCUT2D eigenvalue weighted by atomic mass is 35.5. The van der Waals surface area contributed by atoms with Gasteiger partial charge in [0.15, 0.2) is 11.5 Å². The molecule has 19 heavy (non-hydrogen) atoms. The molecule has 0 fully saturated rings. The molecule has 1 aromatic rings. The van der Waals surface area contributed by atoms with Crippen molar-refractivity contribution >= 4 is 17.6 Å². The average molecular weight is 287 g/mol. The molecule has 0 radical (unpaired) electrons. The molecule has 0 aliphatic carbocycles. The SMILES string of the molecule is CCCCc1c(O)c(O)c(C(=O)O)c(CCC)c1Cl. The lowest BCUT2D eigenvalue weighted by molar-refractivity contribution is 0.0691. The zero-order valence-electron chi connectivity index (χ0n) is 11.2. The second kappa shape index (κ2) is 6.66. The van der Waals surface area contributed by atoms with Crippen molar-refractivity contribution in [3.8, 4) is 11.5 Å². The van der Waals surface area contributed by atoms with Gasteiger partial charge in [-0.2, -0.15) is 0 Å². The number of phenolic OH excluding ortho intramolecular Hbond substituents is 1. The minimum Gasteiger partial charge on any atom is -0.504 e. The molecule has 0 aliphatic rings. The normalized spacial score (nSPS) is 10.7. The van der Waals surface area contributed by atoms with Crippen molar-refractivity contribution in [2.45, 2.75) is 46.0 Å². The van der Waals surface area contributed by atoms with Crippen LogP contribution in [-0.4, -0.2) is 21.3 Å². The lowest BCUT2D eigenvalue weighted by atomic mass is 9.95. The number of hydrogen-bond donors (Lipinski definition) is 3. The fourth-order valence-electron chi connectivity index (χ4n) is 2.10. The molecule has 0 heterocycles. The Hall–Kier alpha value is -1.42. The van der Waals surface area contributed by atoms with Gasteiger partial charge in [-0.1, -0.05) is 38.3 Å². The van der Waals surface area contributed by atoms with Crippen molar-refractivity contribution in [3.05, 3.63) is 21.7 Å². The van der Waals surface area contributed by atoms with Gasteiger partial charge in [-0.15, -0.1) is 0 Å². The van der Waals surface area contributed by atoms with Crippen molar-refractivity contribution in [2.24, 2.45) is 0 Å². The Bertz CT molecular complexity index is 483. The Kier molecular flexibility index (Phi) is 5.48. The monoisotopic (exact) mass is 286 g/mol. The zero-order chi connectivity index (χ0) is 14.6. The van der Waals surface area contributed by atoms with Crippen molar-refractivity contribution in [1.29, 1.82) is 0 Å². The average Bonchev–Trinajstić information content (AvgIpc) is 2.36. The van der Waals surface area contributed by atoms with E-state index in [9.17, 15) is 15.0 Å². The molecule has 0 unspecified atom stereocenters. The van der Waals surface area contributed by atoms with Crippen LogP contribution < -0.4 is 0 Å². The summed E-state index contributed by atoms with van der Waals surface area (Å²) in [5, 5.41) is 29.2. The number of aromatic carboxylic acids is 1. The van der Waals surface area contributed by atoms with E-state index >= 15 is 0 Å². The number of carboxylic acid groups (broad SMARTS) is 1. The van der Waals surface area contributed by atoms with Gasteiger partial charge in [0.2, 0.25) is 0 Å². The number of rotatable bonds is 6. The van der Waals surface area contributed by atoms with Crippen LogP contribution in [0.15, 0.2) is 0 Å². The van der Waals surface area contributed by atoms with Crippen LogP contribution in [0.5, 0.6) is 11.5 Å². The summed E-state index contributed by atoms with van der Waals surface area (Å²) in [5.74, 6) is -2.26. The van der Waals surface area contributed by atoms with E-state index in [1.165, 1.54) is 0 Å². The van der Waals surface area contributed by atoms with Crippen LogP contribution in [0, 0.1) is 0 Å². The minimum absolute atomic E-state index is 0.267. The number of carbonyl (C=O) groups is 1. The van der Waals surface area contributed by atoms with Gasteiger partial charge in [0, 0.05) is 5.56 Å². The third-order valence-electron chi connectivity index (χ3n) is 3.07. The quantitative estimate of drug-likeness (QED) is 0.696. The molecule has 0 amide bonds. The maximum absolute atomic E-state index is 11.2. The first-order chi connectivity index (χ1) is 8.95. The topological polar surface area (TPSA) is 77.8 Å². The lowest BCUT2D eigenvalue weighted by Gasteiger charge is -2.16. The molecular weight excluding hydrogens is 268 g/mol. The molecule has 0 aliphatic heterocycles. The predicted octanol–water partition coefficient (Wildman–Crippen LogP) is 3.74. The molecule has 0 atom stereocenters. The Morgan fingerprint density at radius 3 is 2.16 bits per heavy atom. The van der Waals surface area contributed by atoms with Gasteiger partial charge in [-0.05, 0) is 24.8 Å². The Balaban J connectivity index is 3.48. The van der Waals surface area contributed by atoms with Gasteiger partial charge in [0.05, 0.1) is 5.02 Å². The third kappa shape index (κ3) is 3.13. The van der Waals surface area contributed by atoms with E-state index in [2.05, 4.69) is 0 Å². The maximum atomic E-state index is 11.2. The first-order valence-corrected chi connectivity index (χ1v) is 6.81. The number of halogens is 1. The molecular formula is C14H19ClO4. The molecule has 3 N–H and O–H groups in total. The second-order valence-corrected chi connectivity index (χ2v) is 4.88. The highest BCUT2D eigenvalue weighted by Crippen LogP contribution is 2.42. The molecule has 1 aromatic carbocycles. The molecule has 0 spiro atoms. The number of hydrogen-bond acceptors (Lipinski definition) is 3. The summed E-state index contributed by atoms with van der Waals surface area (Å²) < 4.78 is 0. The first-order valence-electron chi connectivity index (χ1n) is 6.44. The first kappa shape index (κ1) is 15.6. The lowest BCUT2D eigenvalue weighted by Crippen LogP contribution is -2.06. The number of aromatic hydroxyl groups is 2. The predicted molar refractivity (Wildman–Crippen MR) is 74.3 cm³/mol. The van der Waals surface area contributed by atoms with Crippen molar-refractivity contribution in [1.82, 2.24) is 0 Å². The van der Waals surface area contributed by atoms with Gasteiger partial charge in [-0.3, -0.25) is 0 Å². The van der Waals surface area contributed by atoms with E-state index in [4.69, 9.17) is 16.7 Å². The fraction of sp³-hybridized carbons (Fsp3) is 0.500. The van der Waals surface area contributed by atoms with Crippen LogP contribution in [-0.2, 0) is 12.8 Å². The minimum atomic E-state index is -1.28. The van der Waals surface area contributed by atoms with Crippen LogP contribution >= 0.6 is 11.6 Å². The summed E-state index contributed by atoms with van der Waals surface area (Å²) in [6, 6.07) is 0. The van der Waals surface area contributed by atoms with Crippen LogP contribution in [0.1, 0.15) is 54.6 Å². The molecule has 1 rings (SSSR count). The summed E-state index contributed by atoms with van der Waals surface area (Å²) in [5.41, 5.74) is 0.553. The molecule has 0 saturated heterocycles. The van der Waals surface area contributed by atoms with Gasteiger partial charge < -0.3 is 15.3 Å². The van der Waals surface area contributed by atoms with E-state index in [1.54, 1.807) is 0 Å². The van der Waals surface area contributed by atoms with Crippen LogP contribution in [0.25, 0.3) is 0 Å². The Morgan fingerprint density at radius 2 is 1.68 bits per heavy atom. The van der Waals surface area contributed by atoms with E-state index in [0.29, 0.717) is 30.4 Å². The summed E-state index contributed by atoms with van der Waals surface area (Å²) in [6.07, 6.45) is 3.40. The Morgan fingerprint density at radius 1 is 1.05 bits per heavy atom. The zero-order valence-corrected chi connectivity index (χ0v) is 11.9. The van der Waals surface area contributed by atoms with Gasteiger partial charge >= 0.3 is 5.97 Å². The molecule has 0 aromatic heterocycles. The van der Waals surface area contributed by atoms with Crippen molar-refractivity contribution in [3.63, 3.8) is 0 Å². The molecule has 4 nitrogen and oxygen atoms in total. The highest BCUT2D eigenvalue weighted by molar-refractivity contribution is 6.33. The summed E-state index contributed by atoms with van der Waals surface area (Å²) >= 11 is 6.22. The van der Waals surface area contributed by atoms with E-state index in [-0.39, 0.29) is 10.6 Å². The van der Waals surface area contributed by atoms with Gasteiger partial charge in [-0.25, -0.2) is 4.79 Å². The number of benzene rings is 1. The van der Waals surface area contributed by atoms with Crippen LogP contribution in [0.3, 0.4) is 0 Å². The summed E-state index contributed by atoms with van der Waals surface area (Å²) in [7, 11) is 0. The Labute approximate surface area is 117 Å².